The second-order valence-electron chi connectivity index (χ2n) is 6.60. The predicted molar refractivity (Wildman–Crippen MR) is 110 cm³/mol. The van der Waals surface area contributed by atoms with E-state index in [0.717, 1.165) is 21.1 Å². The highest BCUT2D eigenvalue weighted by molar-refractivity contribution is 7.22. The Labute approximate surface area is 160 Å². The molecule has 0 aliphatic carbocycles. The summed E-state index contributed by atoms with van der Waals surface area (Å²) in [6.07, 6.45) is 2.14. The van der Waals surface area contributed by atoms with Gasteiger partial charge in [-0.2, -0.15) is 0 Å². The molecule has 6 heteroatoms. The molecule has 0 atom stereocenters. The first-order valence-electron chi connectivity index (χ1n) is 8.77. The zero-order valence-electron chi connectivity index (χ0n) is 15.2. The summed E-state index contributed by atoms with van der Waals surface area (Å²) in [5, 5.41) is 4.42. The maximum Gasteiger partial charge on any atom is 0.227 e. The van der Waals surface area contributed by atoms with E-state index in [9.17, 15) is 9.59 Å². The molecule has 0 unspecified atom stereocenters. The number of hydrogen-bond donors (Lipinski definition) is 1. The number of thiazole rings is 1. The summed E-state index contributed by atoms with van der Waals surface area (Å²) in [6, 6.07) is 13.8. The molecule has 1 amide bonds. The van der Waals surface area contributed by atoms with Gasteiger partial charge in [0.15, 0.2) is 10.9 Å². The number of Topliss-reactive ketones (excluding diaryl/α,β-unsaturated/α-hetero) is 1. The number of rotatable bonds is 5. The number of benzene rings is 2. The van der Waals surface area contributed by atoms with Crippen LogP contribution in [0.25, 0.3) is 21.1 Å². The maximum atomic E-state index is 12.4. The lowest BCUT2D eigenvalue weighted by Crippen LogP contribution is -2.14. The molecule has 0 fully saturated rings. The van der Waals surface area contributed by atoms with E-state index in [2.05, 4.69) is 16.4 Å². The number of anilines is 1. The molecule has 2 aromatic carbocycles. The van der Waals surface area contributed by atoms with Crippen molar-refractivity contribution in [2.24, 2.45) is 0 Å². The van der Waals surface area contributed by atoms with Gasteiger partial charge in [-0.25, -0.2) is 4.98 Å². The average Bonchev–Trinajstić information content (AvgIpc) is 3.20. The second-order valence-corrected chi connectivity index (χ2v) is 7.63. The van der Waals surface area contributed by atoms with Gasteiger partial charge >= 0.3 is 0 Å². The first-order valence-corrected chi connectivity index (χ1v) is 9.59. The van der Waals surface area contributed by atoms with Gasteiger partial charge in [0.05, 0.1) is 10.2 Å². The molecule has 27 heavy (non-hydrogen) atoms. The molecule has 0 bridgehead atoms. The Kier molecular flexibility index (Phi) is 4.49. The third-order valence-corrected chi connectivity index (χ3v) is 5.47. The van der Waals surface area contributed by atoms with Crippen molar-refractivity contribution in [3.63, 3.8) is 0 Å². The SMILES string of the molecule is CC(=O)c1cn(CCC(=O)Nc2nc3ccc(C)cc3s2)c2ccccc12. The van der Waals surface area contributed by atoms with Crippen LogP contribution in [0.15, 0.2) is 48.7 Å². The highest BCUT2D eigenvalue weighted by Gasteiger charge is 2.13. The minimum atomic E-state index is -0.0899. The standard InChI is InChI=1S/C21H19N3O2S/c1-13-7-8-17-19(11-13)27-21(22-17)23-20(26)9-10-24-12-16(14(2)25)15-5-3-4-6-18(15)24/h3-8,11-12H,9-10H2,1-2H3,(H,22,23,26). The second kappa shape index (κ2) is 6.96. The molecule has 4 rings (SSSR count). The first kappa shape index (κ1) is 17.4. The maximum absolute atomic E-state index is 12.4. The Morgan fingerprint density at radius 1 is 1.19 bits per heavy atom. The van der Waals surface area contributed by atoms with Crippen LogP contribution in [0.2, 0.25) is 0 Å². The monoisotopic (exact) mass is 377 g/mol. The first-order chi connectivity index (χ1) is 13.0. The number of nitrogens with zero attached hydrogens (tertiary/aromatic N) is 2. The Morgan fingerprint density at radius 3 is 2.81 bits per heavy atom. The van der Waals surface area contributed by atoms with Crippen molar-refractivity contribution in [3.05, 3.63) is 59.8 Å². The molecular weight excluding hydrogens is 358 g/mol. The number of ketones is 1. The fourth-order valence-corrected chi connectivity index (χ4v) is 4.18. The van der Waals surface area contributed by atoms with Crippen LogP contribution < -0.4 is 5.32 Å². The molecular formula is C21H19N3O2S. The summed E-state index contributed by atoms with van der Waals surface area (Å²) in [7, 11) is 0. The fraction of sp³-hybridized carbons (Fsp3) is 0.190. The van der Waals surface area contributed by atoms with Gasteiger partial charge in [0.25, 0.3) is 0 Å². The van der Waals surface area contributed by atoms with Crippen LogP contribution in [0, 0.1) is 6.92 Å². The summed E-state index contributed by atoms with van der Waals surface area (Å²) in [4.78, 5) is 28.7. The normalized spacial score (nSPS) is 11.2. The van der Waals surface area contributed by atoms with Crippen LogP contribution in [0.1, 0.15) is 29.3 Å². The van der Waals surface area contributed by atoms with Crippen LogP contribution in [-0.2, 0) is 11.3 Å². The van der Waals surface area contributed by atoms with E-state index in [-0.39, 0.29) is 11.7 Å². The molecule has 0 saturated carbocycles. The number of hydrogen-bond acceptors (Lipinski definition) is 4. The number of amides is 1. The molecule has 5 nitrogen and oxygen atoms in total. The zero-order chi connectivity index (χ0) is 19.0. The van der Waals surface area contributed by atoms with Gasteiger partial charge in [-0.05, 0) is 37.6 Å². The molecule has 2 heterocycles. The molecule has 2 aromatic heterocycles. The summed E-state index contributed by atoms with van der Waals surface area (Å²) in [5.74, 6) is -0.0629. The van der Waals surface area contributed by atoms with Crippen molar-refractivity contribution < 1.29 is 9.59 Å². The number of carbonyl (C=O) groups excluding carboxylic acids is 2. The summed E-state index contributed by atoms with van der Waals surface area (Å²) in [6.45, 7) is 4.10. The number of nitrogens with one attached hydrogen (secondary N) is 1. The van der Waals surface area contributed by atoms with Gasteiger partial charge in [-0.1, -0.05) is 35.6 Å². The van der Waals surface area contributed by atoms with Crippen molar-refractivity contribution >= 4 is 49.3 Å². The molecule has 1 N–H and O–H groups in total. The number of fused-ring (bicyclic) bond motifs is 2. The lowest BCUT2D eigenvalue weighted by molar-refractivity contribution is -0.116. The predicted octanol–water partition coefficient (Wildman–Crippen LogP) is 4.79. The number of aromatic nitrogens is 2. The van der Waals surface area contributed by atoms with Gasteiger partial charge in [0.2, 0.25) is 5.91 Å². The number of aryl methyl sites for hydroxylation is 2. The van der Waals surface area contributed by atoms with Crippen LogP contribution in [0.3, 0.4) is 0 Å². The Hall–Kier alpha value is -2.99. The Morgan fingerprint density at radius 2 is 2.00 bits per heavy atom. The molecule has 136 valence electrons. The lowest BCUT2D eigenvalue weighted by Gasteiger charge is -2.05. The highest BCUT2D eigenvalue weighted by atomic mass is 32.1. The van der Waals surface area contributed by atoms with Crippen LogP contribution in [-0.4, -0.2) is 21.2 Å². The van der Waals surface area contributed by atoms with Crippen LogP contribution in [0.4, 0.5) is 5.13 Å². The van der Waals surface area contributed by atoms with Crippen molar-refractivity contribution in [2.75, 3.05) is 5.32 Å². The minimum absolute atomic E-state index is 0.0270. The summed E-state index contributed by atoms with van der Waals surface area (Å²) < 4.78 is 3.03. The third-order valence-electron chi connectivity index (χ3n) is 4.54. The van der Waals surface area contributed by atoms with E-state index in [1.807, 2.05) is 54.1 Å². The van der Waals surface area contributed by atoms with Crippen molar-refractivity contribution in [2.45, 2.75) is 26.8 Å². The van der Waals surface area contributed by atoms with Gasteiger partial charge < -0.3 is 9.88 Å². The quantitative estimate of drug-likeness (QED) is 0.509. The smallest absolute Gasteiger partial charge is 0.227 e. The van der Waals surface area contributed by atoms with Crippen LogP contribution >= 0.6 is 11.3 Å². The topological polar surface area (TPSA) is 64.0 Å². The minimum Gasteiger partial charge on any atom is -0.346 e. The summed E-state index contributed by atoms with van der Waals surface area (Å²) in [5.41, 5.74) is 3.71. The highest BCUT2D eigenvalue weighted by Crippen LogP contribution is 2.27. The van der Waals surface area contributed by atoms with Gasteiger partial charge in [-0.3, -0.25) is 9.59 Å². The third kappa shape index (κ3) is 3.48. The van der Waals surface area contributed by atoms with Crippen LogP contribution in [0.5, 0.6) is 0 Å². The van der Waals surface area contributed by atoms with E-state index in [1.54, 1.807) is 6.92 Å². The average molecular weight is 377 g/mol. The molecule has 0 aliphatic heterocycles. The van der Waals surface area contributed by atoms with Crippen molar-refractivity contribution in [1.29, 1.82) is 0 Å². The van der Waals surface area contributed by atoms with E-state index in [4.69, 9.17) is 0 Å². The Balaban J connectivity index is 1.49. The molecule has 0 radical (unpaired) electrons. The van der Waals surface area contributed by atoms with Gasteiger partial charge in [0, 0.05) is 35.6 Å². The van der Waals surface area contributed by atoms with E-state index in [0.29, 0.717) is 23.7 Å². The number of para-hydroxylation sites is 1. The van der Waals surface area contributed by atoms with Gasteiger partial charge in [0.1, 0.15) is 0 Å². The molecule has 0 spiro atoms. The Bertz CT molecular complexity index is 1170. The lowest BCUT2D eigenvalue weighted by atomic mass is 10.1. The zero-order valence-corrected chi connectivity index (χ0v) is 16.0. The van der Waals surface area contributed by atoms with Gasteiger partial charge in [-0.15, -0.1) is 0 Å². The largest absolute Gasteiger partial charge is 0.346 e. The van der Waals surface area contributed by atoms with E-state index < -0.39 is 0 Å². The van der Waals surface area contributed by atoms with Crippen molar-refractivity contribution in [1.82, 2.24) is 9.55 Å². The van der Waals surface area contributed by atoms with E-state index in [1.165, 1.54) is 16.9 Å². The molecule has 0 aliphatic rings. The molecule has 4 aromatic rings. The molecule has 0 saturated heterocycles. The fourth-order valence-electron chi connectivity index (χ4n) is 3.20. The van der Waals surface area contributed by atoms with Crippen molar-refractivity contribution in [3.8, 4) is 0 Å². The van der Waals surface area contributed by atoms with E-state index >= 15 is 0 Å². The number of carbonyl (C=O) groups is 2. The summed E-state index contributed by atoms with van der Waals surface area (Å²) >= 11 is 1.48.